The molecular formula is C11H16N4O2. The van der Waals surface area contributed by atoms with Crippen molar-refractivity contribution in [3.63, 3.8) is 0 Å². The van der Waals surface area contributed by atoms with Crippen LogP contribution in [-0.4, -0.2) is 48.9 Å². The van der Waals surface area contributed by atoms with E-state index in [0.29, 0.717) is 12.1 Å². The van der Waals surface area contributed by atoms with Crippen LogP contribution >= 0.6 is 0 Å². The average Bonchev–Trinajstić information content (AvgIpc) is 2.35. The zero-order valence-electron chi connectivity index (χ0n) is 9.93. The quantitative estimate of drug-likeness (QED) is 0.719. The van der Waals surface area contributed by atoms with Gasteiger partial charge < -0.3 is 16.0 Å². The third-order valence-corrected chi connectivity index (χ3v) is 2.31. The van der Waals surface area contributed by atoms with Crippen LogP contribution in [0.4, 0.5) is 0 Å². The van der Waals surface area contributed by atoms with Gasteiger partial charge in [0.25, 0.3) is 11.8 Å². The van der Waals surface area contributed by atoms with Crippen LogP contribution in [-0.2, 0) is 0 Å². The second-order valence-electron chi connectivity index (χ2n) is 3.63. The minimum absolute atomic E-state index is 0.135. The number of nitrogens with two attached hydrogens (primary N) is 1. The highest BCUT2D eigenvalue weighted by atomic mass is 16.2. The number of carbonyl (C=O) groups is 2. The van der Waals surface area contributed by atoms with E-state index in [0.717, 1.165) is 6.54 Å². The molecule has 1 aromatic heterocycles. The molecule has 0 unspecified atom stereocenters. The lowest BCUT2D eigenvalue weighted by Gasteiger charge is -2.16. The lowest BCUT2D eigenvalue weighted by Crippen LogP contribution is -2.32. The molecule has 92 valence electrons. The second-order valence-corrected chi connectivity index (χ2v) is 3.63. The van der Waals surface area contributed by atoms with Gasteiger partial charge in [0.15, 0.2) is 0 Å². The van der Waals surface area contributed by atoms with Crippen LogP contribution in [0.15, 0.2) is 18.3 Å². The summed E-state index contributed by atoms with van der Waals surface area (Å²) < 4.78 is 0. The average molecular weight is 236 g/mol. The number of rotatable bonds is 5. The molecule has 0 bridgehead atoms. The van der Waals surface area contributed by atoms with Crippen LogP contribution < -0.4 is 11.1 Å². The number of nitrogens with one attached hydrogen (secondary N) is 1. The molecule has 0 aromatic carbocycles. The topological polar surface area (TPSA) is 88.3 Å². The molecule has 3 N–H and O–H groups in total. The molecule has 0 aliphatic carbocycles. The number of nitrogens with zero attached hydrogens (tertiary/aromatic N) is 2. The predicted molar refractivity (Wildman–Crippen MR) is 63.6 cm³/mol. The minimum Gasteiger partial charge on any atom is -0.364 e. The van der Waals surface area contributed by atoms with Crippen LogP contribution in [0.1, 0.15) is 20.8 Å². The molecule has 0 aliphatic rings. The van der Waals surface area contributed by atoms with Gasteiger partial charge in [-0.05, 0) is 19.2 Å². The van der Waals surface area contributed by atoms with Crippen molar-refractivity contribution in [2.24, 2.45) is 5.73 Å². The first-order valence-corrected chi connectivity index (χ1v) is 5.22. The van der Waals surface area contributed by atoms with Crippen molar-refractivity contribution in [1.82, 2.24) is 15.2 Å². The zero-order valence-corrected chi connectivity index (χ0v) is 9.93. The van der Waals surface area contributed by atoms with Gasteiger partial charge in [-0.15, -0.1) is 0 Å². The largest absolute Gasteiger partial charge is 0.364 e. The molecular weight excluding hydrogens is 220 g/mol. The Labute approximate surface area is 99.8 Å². The number of likely N-dealkylation sites (N-methyl/N-ethyl adjacent to an activating group) is 2. The van der Waals surface area contributed by atoms with Crippen LogP contribution in [0.3, 0.4) is 0 Å². The standard InChI is InChI=1S/C11H16N4O2/c1-13-5-6-15(2)11(17)8-3-4-9(10(12)16)14-7-8/h3-4,7,13H,5-6H2,1-2H3,(H2,12,16). The third-order valence-electron chi connectivity index (χ3n) is 2.31. The first-order valence-electron chi connectivity index (χ1n) is 5.22. The second kappa shape index (κ2) is 5.95. The molecule has 0 spiro atoms. The molecule has 0 saturated heterocycles. The van der Waals surface area contributed by atoms with E-state index >= 15 is 0 Å². The highest BCUT2D eigenvalue weighted by Crippen LogP contribution is 2.03. The van der Waals surface area contributed by atoms with Crippen molar-refractivity contribution in [3.05, 3.63) is 29.6 Å². The van der Waals surface area contributed by atoms with E-state index in [1.165, 1.54) is 12.3 Å². The number of carbonyl (C=O) groups excluding carboxylic acids is 2. The summed E-state index contributed by atoms with van der Waals surface area (Å²) in [5.74, 6) is -0.740. The summed E-state index contributed by atoms with van der Waals surface area (Å²) >= 11 is 0. The highest BCUT2D eigenvalue weighted by Gasteiger charge is 2.12. The Morgan fingerprint density at radius 3 is 2.65 bits per heavy atom. The van der Waals surface area contributed by atoms with E-state index in [2.05, 4.69) is 10.3 Å². The zero-order chi connectivity index (χ0) is 12.8. The van der Waals surface area contributed by atoms with Crippen LogP contribution in [0, 0.1) is 0 Å². The summed E-state index contributed by atoms with van der Waals surface area (Å²) in [5.41, 5.74) is 5.65. The maximum atomic E-state index is 11.9. The molecule has 2 amide bonds. The van der Waals surface area contributed by atoms with Gasteiger partial charge in [-0.1, -0.05) is 0 Å². The Morgan fingerprint density at radius 1 is 1.47 bits per heavy atom. The summed E-state index contributed by atoms with van der Waals surface area (Å²) in [6.07, 6.45) is 1.36. The Morgan fingerprint density at radius 2 is 2.18 bits per heavy atom. The fraction of sp³-hybridized carbons (Fsp3) is 0.364. The van der Waals surface area contributed by atoms with Crippen molar-refractivity contribution >= 4 is 11.8 Å². The molecule has 1 aromatic rings. The third kappa shape index (κ3) is 3.53. The summed E-state index contributed by atoms with van der Waals surface area (Å²) in [6.45, 7) is 1.32. The van der Waals surface area contributed by atoms with Crippen LogP contribution in [0.2, 0.25) is 0 Å². The predicted octanol–water partition coefficient (Wildman–Crippen LogP) is -0.528. The van der Waals surface area contributed by atoms with Gasteiger partial charge in [-0.2, -0.15) is 0 Å². The number of aromatic nitrogens is 1. The molecule has 0 aliphatic heterocycles. The maximum Gasteiger partial charge on any atom is 0.267 e. The number of primary amides is 1. The van der Waals surface area contributed by atoms with Crippen LogP contribution in [0.5, 0.6) is 0 Å². The number of hydrogen-bond donors (Lipinski definition) is 2. The smallest absolute Gasteiger partial charge is 0.267 e. The van der Waals surface area contributed by atoms with Crippen molar-refractivity contribution in [1.29, 1.82) is 0 Å². The van der Waals surface area contributed by atoms with Crippen molar-refractivity contribution in [2.75, 3.05) is 27.2 Å². The van der Waals surface area contributed by atoms with Crippen molar-refractivity contribution in [3.8, 4) is 0 Å². The van der Waals surface area contributed by atoms with E-state index in [1.54, 1.807) is 18.0 Å². The molecule has 0 radical (unpaired) electrons. The number of hydrogen-bond acceptors (Lipinski definition) is 4. The fourth-order valence-electron chi connectivity index (χ4n) is 1.27. The van der Waals surface area contributed by atoms with E-state index < -0.39 is 5.91 Å². The summed E-state index contributed by atoms with van der Waals surface area (Å²) in [6, 6.07) is 2.99. The van der Waals surface area contributed by atoms with E-state index in [9.17, 15) is 9.59 Å². The van der Waals surface area contributed by atoms with Gasteiger partial charge in [-0.25, -0.2) is 0 Å². The Bertz CT molecular complexity index is 402. The van der Waals surface area contributed by atoms with Gasteiger partial charge in [0.05, 0.1) is 5.56 Å². The summed E-state index contributed by atoms with van der Waals surface area (Å²) in [4.78, 5) is 28.1. The SMILES string of the molecule is CNCCN(C)C(=O)c1ccc(C(N)=O)nc1. The van der Waals surface area contributed by atoms with Crippen LogP contribution in [0.25, 0.3) is 0 Å². The number of amides is 2. The fourth-order valence-corrected chi connectivity index (χ4v) is 1.27. The molecule has 6 nitrogen and oxygen atoms in total. The maximum absolute atomic E-state index is 11.9. The first kappa shape index (κ1) is 13.1. The lowest BCUT2D eigenvalue weighted by molar-refractivity contribution is 0.0795. The van der Waals surface area contributed by atoms with Crippen molar-refractivity contribution in [2.45, 2.75) is 0 Å². The Kier molecular flexibility index (Phi) is 4.59. The van der Waals surface area contributed by atoms with Gasteiger partial charge in [0.2, 0.25) is 0 Å². The molecule has 0 atom stereocenters. The van der Waals surface area contributed by atoms with Gasteiger partial charge in [0, 0.05) is 26.3 Å². The Balaban J connectivity index is 2.72. The number of pyridine rings is 1. The normalized spacial score (nSPS) is 10.0. The molecule has 0 saturated carbocycles. The van der Waals surface area contributed by atoms with Crippen molar-refractivity contribution < 1.29 is 9.59 Å². The molecule has 17 heavy (non-hydrogen) atoms. The van der Waals surface area contributed by atoms with E-state index in [4.69, 9.17) is 5.73 Å². The molecule has 0 fully saturated rings. The lowest BCUT2D eigenvalue weighted by atomic mass is 10.2. The first-order chi connectivity index (χ1) is 8.06. The molecule has 1 rings (SSSR count). The Hall–Kier alpha value is -1.95. The van der Waals surface area contributed by atoms with Gasteiger partial charge >= 0.3 is 0 Å². The highest BCUT2D eigenvalue weighted by molar-refractivity contribution is 5.95. The monoisotopic (exact) mass is 236 g/mol. The minimum atomic E-state index is -0.604. The van der Waals surface area contributed by atoms with E-state index in [1.807, 2.05) is 7.05 Å². The van der Waals surface area contributed by atoms with Gasteiger partial charge in [-0.3, -0.25) is 14.6 Å². The van der Waals surface area contributed by atoms with Gasteiger partial charge in [0.1, 0.15) is 5.69 Å². The molecule has 6 heteroatoms. The summed E-state index contributed by atoms with van der Waals surface area (Å²) in [7, 11) is 3.53. The molecule has 1 heterocycles. The van der Waals surface area contributed by atoms with E-state index in [-0.39, 0.29) is 11.6 Å². The summed E-state index contributed by atoms with van der Waals surface area (Å²) in [5, 5.41) is 2.96.